The van der Waals surface area contributed by atoms with Crippen molar-refractivity contribution in [2.24, 2.45) is 0 Å². The van der Waals surface area contributed by atoms with Gasteiger partial charge in [-0.05, 0) is 57.8 Å². The van der Waals surface area contributed by atoms with Crippen molar-refractivity contribution in [1.82, 2.24) is 5.32 Å². The monoisotopic (exact) mass is 1550 g/mol. The molecule has 17 atom stereocenters. The molecule has 0 bridgehead atoms. The number of nitrogens with one attached hydrogen (secondary N) is 1. The number of aliphatic hydroxyl groups excluding tert-OH is 11. The van der Waals surface area contributed by atoms with Crippen LogP contribution in [0, 0.1) is 0 Å². The predicted molar refractivity (Wildman–Crippen MR) is 439 cm³/mol. The fourth-order valence-electron chi connectivity index (χ4n) is 15.2. The summed E-state index contributed by atoms with van der Waals surface area (Å²) in [6.45, 7) is 1.68. The highest BCUT2D eigenvalue weighted by atomic mass is 16.8. The van der Waals surface area contributed by atoms with Crippen molar-refractivity contribution in [2.75, 3.05) is 26.4 Å². The summed E-state index contributed by atoms with van der Waals surface area (Å²) >= 11 is 0. The minimum Gasteiger partial charge on any atom is -0.394 e. The van der Waals surface area contributed by atoms with Gasteiger partial charge in [-0.25, -0.2) is 0 Å². The van der Waals surface area contributed by atoms with Crippen LogP contribution in [0.5, 0.6) is 0 Å². The average molecular weight is 1550 g/mol. The van der Waals surface area contributed by atoms with Crippen LogP contribution in [0.25, 0.3) is 0 Å². The number of rotatable bonds is 73. The van der Waals surface area contributed by atoms with Gasteiger partial charge in [0, 0.05) is 6.42 Å². The number of carbonyl (C=O) groups is 1. The minimum absolute atomic E-state index is 0.247. The molecule has 3 fully saturated rings. The lowest BCUT2D eigenvalue weighted by Gasteiger charge is -2.48. The third kappa shape index (κ3) is 48.6. The molecule has 638 valence electrons. The van der Waals surface area contributed by atoms with Gasteiger partial charge < -0.3 is 89.9 Å². The summed E-state index contributed by atoms with van der Waals surface area (Å²) in [5.74, 6) is -0.268. The number of ether oxygens (including phenoxy) is 6. The van der Waals surface area contributed by atoms with Gasteiger partial charge in [0.15, 0.2) is 18.9 Å². The molecule has 0 spiro atoms. The quantitative estimate of drug-likeness (QED) is 0.0199. The first-order valence-electron chi connectivity index (χ1n) is 45.0. The Labute approximate surface area is 662 Å². The van der Waals surface area contributed by atoms with E-state index in [4.69, 9.17) is 28.4 Å². The zero-order valence-electron chi connectivity index (χ0n) is 68.8. The summed E-state index contributed by atoms with van der Waals surface area (Å²) in [5, 5.41) is 121. The third-order valence-electron chi connectivity index (χ3n) is 22.3. The number of unbranched alkanes of at least 4 members (excludes halogenated alkanes) is 49. The first kappa shape index (κ1) is 101. The van der Waals surface area contributed by atoms with Gasteiger partial charge in [0.25, 0.3) is 0 Å². The second kappa shape index (κ2) is 69.8. The maximum absolute atomic E-state index is 13.5. The van der Waals surface area contributed by atoms with E-state index in [1.165, 1.54) is 276 Å². The molecule has 19 heteroatoms. The van der Waals surface area contributed by atoms with Crippen molar-refractivity contribution in [2.45, 2.75) is 478 Å². The number of carbonyl (C=O) groups excluding carboxylic acids is 1. The Bertz CT molecular complexity index is 2200. The van der Waals surface area contributed by atoms with Crippen LogP contribution >= 0.6 is 0 Å². The number of aliphatic hydroxyl groups is 11. The highest BCUT2D eigenvalue weighted by Crippen LogP contribution is 2.34. The second-order valence-electron chi connectivity index (χ2n) is 32.0. The molecule has 109 heavy (non-hydrogen) atoms. The molecule has 12 N–H and O–H groups in total. The Morgan fingerprint density at radius 2 is 0.633 bits per heavy atom. The molecule has 0 aromatic carbocycles. The van der Waals surface area contributed by atoms with Crippen LogP contribution in [0.4, 0.5) is 0 Å². The summed E-state index contributed by atoms with van der Waals surface area (Å²) in [4.78, 5) is 13.5. The fourth-order valence-corrected chi connectivity index (χ4v) is 15.2. The molecule has 1 amide bonds. The van der Waals surface area contributed by atoms with E-state index in [-0.39, 0.29) is 18.9 Å². The van der Waals surface area contributed by atoms with Crippen molar-refractivity contribution < 1.29 is 89.4 Å². The van der Waals surface area contributed by atoms with Crippen LogP contribution in [0.2, 0.25) is 0 Å². The van der Waals surface area contributed by atoms with Gasteiger partial charge in [-0.15, -0.1) is 0 Å². The molecule has 3 saturated heterocycles. The molecule has 0 radical (unpaired) electrons. The van der Waals surface area contributed by atoms with Crippen molar-refractivity contribution in [3.8, 4) is 0 Å². The topological polar surface area (TPSA) is 307 Å². The van der Waals surface area contributed by atoms with Crippen LogP contribution < -0.4 is 5.32 Å². The summed E-state index contributed by atoms with van der Waals surface area (Å²) in [6.07, 6.45) is 65.2. The largest absolute Gasteiger partial charge is 0.394 e. The molecule has 0 saturated carbocycles. The summed E-state index contributed by atoms with van der Waals surface area (Å²) < 4.78 is 34.5. The van der Waals surface area contributed by atoms with E-state index in [0.717, 1.165) is 70.6 Å². The Morgan fingerprint density at radius 1 is 0.339 bits per heavy atom. The normalized spacial score (nSPS) is 25.5. The Balaban J connectivity index is 1.30. The second-order valence-corrected chi connectivity index (χ2v) is 32.0. The van der Waals surface area contributed by atoms with Gasteiger partial charge >= 0.3 is 0 Å². The van der Waals surface area contributed by atoms with Crippen LogP contribution in [-0.4, -0.2) is 193 Å². The first-order valence-corrected chi connectivity index (χ1v) is 45.0. The number of allylic oxidation sites excluding steroid dienone is 9. The summed E-state index contributed by atoms with van der Waals surface area (Å²) in [5.41, 5.74) is 0. The van der Waals surface area contributed by atoms with E-state index >= 15 is 0 Å². The van der Waals surface area contributed by atoms with Crippen LogP contribution in [0.1, 0.15) is 373 Å². The molecule has 3 aliphatic heterocycles. The van der Waals surface area contributed by atoms with Crippen molar-refractivity contribution >= 4 is 5.91 Å². The van der Waals surface area contributed by atoms with Crippen molar-refractivity contribution in [3.05, 3.63) is 60.8 Å². The first-order chi connectivity index (χ1) is 53.3. The van der Waals surface area contributed by atoms with E-state index < -0.39 is 124 Å². The molecule has 0 aromatic heterocycles. The van der Waals surface area contributed by atoms with E-state index in [1.54, 1.807) is 6.08 Å². The SMILES string of the molecule is CC/C=C\C/C=C\C/C=C\C/C=C\CCCCCCCCCCCCCCCCCCCCCCCCCCCCC(=O)NC(COC1OC(CO)C(OC2OC(CO)C(OC3OC(CO)C(O)C(O)C3O)C(O)C2O)C(O)C1O)C(O)/C=C/CCCCCCCCCCCCCCCCCCCCCCCCC. The van der Waals surface area contributed by atoms with Gasteiger partial charge in [0.2, 0.25) is 5.91 Å². The fraction of sp³-hybridized carbons (Fsp3) is 0.878. The predicted octanol–water partition coefficient (Wildman–Crippen LogP) is 17.0. The van der Waals surface area contributed by atoms with E-state index in [9.17, 15) is 61.0 Å². The molecule has 3 aliphatic rings. The van der Waals surface area contributed by atoms with Crippen LogP contribution in [0.3, 0.4) is 0 Å². The summed E-state index contributed by atoms with van der Waals surface area (Å²) in [6, 6.07) is -0.974. The number of amides is 1. The lowest BCUT2D eigenvalue weighted by molar-refractivity contribution is -0.379. The maximum Gasteiger partial charge on any atom is 0.220 e. The maximum atomic E-state index is 13.5. The zero-order chi connectivity index (χ0) is 78.8. The molecule has 17 unspecified atom stereocenters. The molecule has 0 aliphatic carbocycles. The molecule has 3 heterocycles. The van der Waals surface area contributed by atoms with E-state index in [1.807, 2.05) is 6.08 Å². The molecule has 0 aromatic rings. The lowest BCUT2D eigenvalue weighted by atomic mass is 9.96. The van der Waals surface area contributed by atoms with Crippen molar-refractivity contribution in [3.63, 3.8) is 0 Å². The standard InChI is InChI=1S/C90H165NO18/c1-3-5-7-9-11-13-15-17-19-21-23-25-27-29-30-31-32-33-34-35-36-37-38-39-40-41-42-44-46-48-50-52-54-56-58-60-62-64-66-68-78(96)91-73(74(95)67-65-63-61-59-57-55-53-51-49-47-45-43-28-26-24-22-20-18-16-14-12-10-8-6-4-2)72-104-88-84(102)81(99)86(76(70-93)106-88)109-90-85(103)82(100)87(77(71-94)107-90)108-89-83(101)80(98)79(97)75(69-92)105-89/h5,7,11,13,17,19,23,25,65,67,73-77,79-90,92-95,97-103H,3-4,6,8-10,12,14-16,18,20-22,24,26-64,66,68-72H2,1-2H3,(H,91,96)/b7-5-,13-11-,19-17-,25-23-,67-65+. The average Bonchev–Trinajstić information content (AvgIpc) is 0.759. The Hall–Kier alpha value is -2.51. The number of hydrogen-bond donors (Lipinski definition) is 12. The van der Waals surface area contributed by atoms with Gasteiger partial charge in [-0.3, -0.25) is 4.79 Å². The van der Waals surface area contributed by atoms with Crippen LogP contribution in [0.15, 0.2) is 60.8 Å². The van der Waals surface area contributed by atoms with Gasteiger partial charge in [0.1, 0.15) is 73.2 Å². The van der Waals surface area contributed by atoms with E-state index in [2.05, 4.69) is 67.8 Å². The number of hydrogen-bond acceptors (Lipinski definition) is 18. The zero-order valence-corrected chi connectivity index (χ0v) is 68.8. The smallest absolute Gasteiger partial charge is 0.220 e. The van der Waals surface area contributed by atoms with E-state index in [0.29, 0.717) is 6.42 Å². The molecule has 3 rings (SSSR count). The third-order valence-corrected chi connectivity index (χ3v) is 22.3. The Morgan fingerprint density at radius 3 is 0.991 bits per heavy atom. The lowest BCUT2D eigenvalue weighted by Crippen LogP contribution is -2.66. The van der Waals surface area contributed by atoms with Crippen molar-refractivity contribution in [1.29, 1.82) is 0 Å². The highest BCUT2D eigenvalue weighted by molar-refractivity contribution is 5.76. The van der Waals surface area contributed by atoms with Gasteiger partial charge in [-0.1, -0.05) is 370 Å². The van der Waals surface area contributed by atoms with Gasteiger partial charge in [0.05, 0.1) is 38.6 Å². The Kier molecular flexibility index (Phi) is 64.4. The summed E-state index contributed by atoms with van der Waals surface area (Å²) in [7, 11) is 0. The minimum atomic E-state index is -1.98. The van der Waals surface area contributed by atoms with Crippen LogP contribution in [-0.2, 0) is 33.2 Å². The molecular weight excluding hydrogens is 1380 g/mol. The highest BCUT2D eigenvalue weighted by Gasteiger charge is 2.54. The molecular formula is C90H165NO18. The van der Waals surface area contributed by atoms with Gasteiger partial charge in [-0.2, -0.15) is 0 Å². The molecule has 19 nitrogen and oxygen atoms in total.